The minimum Gasteiger partial charge on any atom is -0.756 e. The first-order chi connectivity index (χ1) is 26.1. The Labute approximate surface area is 328 Å². The number of phosphoric acid groups is 1. The summed E-state index contributed by atoms with van der Waals surface area (Å²) in [6.45, 7) is 2.71. The number of esters is 2. The van der Waals surface area contributed by atoms with E-state index >= 15 is 0 Å². The Hall–Kier alpha value is -1.78. The van der Waals surface area contributed by atoms with E-state index < -0.39 is 51.1 Å². The number of carbonyl (C=O) groups is 3. The maximum absolute atomic E-state index is 12.6. The van der Waals surface area contributed by atoms with Gasteiger partial charge < -0.3 is 39.0 Å². The van der Waals surface area contributed by atoms with Crippen LogP contribution in [0.3, 0.4) is 0 Å². The van der Waals surface area contributed by atoms with Gasteiger partial charge >= 0.3 is 11.9 Å². The van der Waals surface area contributed by atoms with Gasteiger partial charge in [0.05, 0.1) is 6.61 Å². The molecule has 0 aliphatic heterocycles. The van der Waals surface area contributed by atoms with E-state index in [0.717, 1.165) is 57.8 Å². The minimum atomic E-state index is -4.95. The summed E-state index contributed by atoms with van der Waals surface area (Å²) in [4.78, 5) is 48.0. The molecule has 0 aromatic carbocycles. The Kier molecular flexibility index (Phi) is 36.9. The molecule has 0 fully saturated rings. The maximum atomic E-state index is 12.6. The standard InChI is InChI=1S/C42H80NO10P/c1-3-5-7-9-11-13-15-17-19-21-23-25-27-29-31-33-40(44)50-35-38(36-51-54(48,49)52-37-39(43)42(46)47)53-41(45)34-32-30-28-26-24-22-20-18-16-14-12-10-8-6-4-2/h18,20,38-39H,3-17,19,21-37,43H2,1-2H3,(H,46,47)(H,48,49)/p-1/b20-18-/t38-,39+/m1/s1. The lowest BCUT2D eigenvalue weighted by Crippen LogP contribution is -2.70. The largest absolute Gasteiger partial charge is 0.756 e. The van der Waals surface area contributed by atoms with Crippen LogP contribution in [0.2, 0.25) is 0 Å². The third-order valence-electron chi connectivity index (χ3n) is 9.54. The highest BCUT2D eigenvalue weighted by atomic mass is 31.2. The van der Waals surface area contributed by atoms with Crippen molar-refractivity contribution in [3.63, 3.8) is 0 Å². The lowest BCUT2D eigenvalue weighted by molar-refractivity contribution is -0.441. The second-order valence-electron chi connectivity index (χ2n) is 14.9. The van der Waals surface area contributed by atoms with Crippen LogP contribution in [0.4, 0.5) is 0 Å². The normalized spacial score (nSPS) is 13.9. The Bertz CT molecular complexity index is 979. The van der Waals surface area contributed by atoms with Gasteiger partial charge in [0, 0.05) is 12.8 Å². The Morgan fingerprint density at radius 2 is 0.926 bits per heavy atom. The molecule has 1 unspecified atom stereocenters. The van der Waals surface area contributed by atoms with Crippen molar-refractivity contribution in [2.45, 2.75) is 219 Å². The first kappa shape index (κ1) is 52.2. The monoisotopic (exact) mass is 789 g/mol. The van der Waals surface area contributed by atoms with Gasteiger partial charge in [-0.1, -0.05) is 167 Å². The fourth-order valence-electron chi connectivity index (χ4n) is 6.06. The van der Waals surface area contributed by atoms with E-state index in [4.69, 9.17) is 14.0 Å². The van der Waals surface area contributed by atoms with E-state index in [0.29, 0.717) is 12.8 Å². The maximum Gasteiger partial charge on any atom is 0.306 e. The van der Waals surface area contributed by atoms with Gasteiger partial charge in [-0.05, 0) is 38.5 Å². The van der Waals surface area contributed by atoms with Gasteiger partial charge in [-0.15, -0.1) is 0 Å². The number of aliphatic carboxylic acids is 1. The summed E-state index contributed by atoms with van der Waals surface area (Å²) in [7, 11) is -4.95. The van der Waals surface area contributed by atoms with Crippen LogP contribution in [0.25, 0.3) is 0 Å². The highest BCUT2D eigenvalue weighted by Crippen LogP contribution is 2.38. The summed E-state index contributed by atoms with van der Waals surface area (Å²) in [6, 6.07) is -1.42. The second kappa shape index (κ2) is 38.1. The van der Waals surface area contributed by atoms with Gasteiger partial charge in [0.25, 0.3) is 7.82 Å². The van der Waals surface area contributed by atoms with E-state index in [-0.39, 0.29) is 19.4 Å². The predicted molar refractivity (Wildman–Crippen MR) is 211 cm³/mol. The van der Waals surface area contributed by atoms with Crippen molar-refractivity contribution in [2.75, 3.05) is 19.8 Å². The molecule has 0 heterocycles. The first-order valence-corrected chi connectivity index (χ1v) is 23.2. The number of unbranched alkanes of at least 4 members (excludes halogenated alkanes) is 25. The third kappa shape index (κ3) is 37.2. The number of allylic oxidation sites excluding steroid dienone is 2. The van der Waals surface area contributed by atoms with Gasteiger partial charge in [0.2, 0.25) is 0 Å². The summed E-state index contributed by atoms with van der Waals surface area (Å²) >= 11 is 0. The molecule has 318 valence electrons. The molecule has 0 spiro atoms. The van der Waals surface area contributed by atoms with Gasteiger partial charge in [0.15, 0.2) is 6.10 Å². The fraction of sp³-hybridized carbons (Fsp3) is 0.881. The molecule has 0 aromatic rings. The molecule has 0 bridgehead atoms. The summed E-state index contributed by atoms with van der Waals surface area (Å²) in [5.41, 5.74) is 3.24. The lowest BCUT2D eigenvalue weighted by Gasteiger charge is -2.26. The van der Waals surface area contributed by atoms with Crippen molar-refractivity contribution in [1.82, 2.24) is 0 Å². The average molecular weight is 789 g/mol. The summed E-state index contributed by atoms with van der Waals surface area (Å²) in [6.07, 6.45) is 36.8. The van der Waals surface area contributed by atoms with Gasteiger partial charge in [-0.3, -0.25) is 14.2 Å². The number of hydrogen-bond acceptors (Lipinski definition) is 10. The van der Waals surface area contributed by atoms with Crippen molar-refractivity contribution in [3.8, 4) is 0 Å². The SMILES string of the molecule is CCCCCCCC/C=C\CCCCCCCC(=O)O[C@H](COC(=O)CCCCCCCCCCCCCCCCC)COP(=O)([O-])OC[C@H]([NH3+])C(=O)[O-]. The summed E-state index contributed by atoms with van der Waals surface area (Å²) in [5.74, 6) is -2.58. The van der Waals surface area contributed by atoms with Crippen LogP contribution in [0, 0.1) is 0 Å². The van der Waals surface area contributed by atoms with Crippen molar-refractivity contribution < 1.29 is 53.2 Å². The third-order valence-corrected chi connectivity index (χ3v) is 10.5. The molecule has 0 saturated carbocycles. The fourth-order valence-corrected chi connectivity index (χ4v) is 6.85. The molecular weight excluding hydrogens is 709 g/mol. The Morgan fingerprint density at radius 3 is 1.35 bits per heavy atom. The average Bonchev–Trinajstić information content (AvgIpc) is 3.14. The number of carboxylic acids is 1. The molecule has 54 heavy (non-hydrogen) atoms. The van der Waals surface area contributed by atoms with E-state index in [1.807, 2.05) is 0 Å². The summed E-state index contributed by atoms with van der Waals surface area (Å²) in [5, 5.41) is 10.8. The van der Waals surface area contributed by atoms with Gasteiger partial charge in [-0.25, -0.2) is 0 Å². The minimum absolute atomic E-state index is 0.141. The number of ether oxygens (including phenoxy) is 2. The van der Waals surface area contributed by atoms with Crippen LogP contribution in [-0.2, 0) is 37.5 Å². The molecule has 12 heteroatoms. The molecule has 0 saturated heterocycles. The van der Waals surface area contributed by atoms with Crippen molar-refractivity contribution >= 4 is 25.7 Å². The van der Waals surface area contributed by atoms with Crippen molar-refractivity contribution in [3.05, 3.63) is 12.2 Å². The molecule has 11 nitrogen and oxygen atoms in total. The zero-order chi connectivity index (χ0) is 40.0. The van der Waals surface area contributed by atoms with E-state index in [1.165, 1.54) is 109 Å². The molecule has 0 aromatic heterocycles. The number of phosphoric ester groups is 1. The van der Waals surface area contributed by atoms with E-state index in [2.05, 4.69) is 36.3 Å². The van der Waals surface area contributed by atoms with Gasteiger partial charge in [0.1, 0.15) is 25.2 Å². The summed E-state index contributed by atoms with van der Waals surface area (Å²) < 4.78 is 32.3. The lowest BCUT2D eigenvalue weighted by atomic mass is 10.0. The molecule has 0 radical (unpaired) electrons. The predicted octanol–water partition coefficient (Wildman–Crippen LogP) is 8.60. The number of quaternary nitrogens is 1. The molecule has 0 rings (SSSR count). The van der Waals surface area contributed by atoms with E-state index in [9.17, 15) is 28.9 Å². The first-order valence-electron chi connectivity index (χ1n) is 21.7. The topological polar surface area (TPSA) is 179 Å². The van der Waals surface area contributed by atoms with Crippen LogP contribution in [0.15, 0.2) is 12.2 Å². The van der Waals surface area contributed by atoms with Crippen LogP contribution >= 0.6 is 7.82 Å². The zero-order valence-corrected chi connectivity index (χ0v) is 35.3. The van der Waals surface area contributed by atoms with Crippen molar-refractivity contribution in [2.24, 2.45) is 0 Å². The van der Waals surface area contributed by atoms with Crippen LogP contribution in [0.5, 0.6) is 0 Å². The number of carboxylic acid groups (broad SMARTS) is 1. The number of rotatable bonds is 41. The molecule has 3 N–H and O–H groups in total. The van der Waals surface area contributed by atoms with Crippen molar-refractivity contribution in [1.29, 1.82) is 0 Å². The highest BCUT2D eigenvalue weighted by molar-refractivity contribution is 7.45. The van der Waals surface area contributed by atoms with E-state index in [1.54, 1.807) is 0 Å². The quantitative estimate of drug-likeness (QED) is 0.0273. The molecule has 0 aliphatic carbocycles. The number of hydrogen-bond donors (Lipinski definition) is 1. The van der Waals surface area contributed by atoms with Crippen LogP contribution in [0.1, 0.15) is 206 Å². The van der Waals surface area contributed by atoms with Crippen LogP contribution in [-0.4, -0.2) is 49.9 Å². The Morgan fingerprint density at radius 1 is 0.556 bits per heavy atom. The number of carbonyl (C=O) groups excluding carboxylic acids is 3. The van der Waals surface area contributed by atoms with Gasteiger partial charge in [-0.2, -0.15) is 0 Å². The Balaban J connectivity index is 4.35. The smallest absolute Gasteiger partial charge is 0.306 e. The van der Waals surface area contributed by atoms with Crippen LogP contribution < -0.4 is 15.7 Å². The molecule has 3 atom stereocenters. The highest BCUT2D eigenvalue weighted by Gasteiger charge is 2.22. The molecule has 0 amide bonds. The molecule has 0 aliphatic rings. The molecular formula is C42H79NO10P-. The zero-order valence-electron chi connectivity index (χ0n) is 34.4. The second-order valence-corrected chi connectivity index (χ2v) is 16.3.